The fourth-order valence-corrected chi connectivity index (χ4v) is 0.925. The minimum atomic E-state index is 0.423. The molecule has 1 aromatic rings. The fraction of sp³-hybridized carbons (Fsp3) is 0.222. The molecular weight excluding hydrogens is 196 g/mol. The zero-order valence-corrected chi connectivity index (χ0v) is 8.95. The number of aromatic nitrogens is 1. The molecular formula is C9H12N4S. The third kappa shape index (κ3) is 3.95. The first kappa shape index (κ1) is 10.6. The van der Waals surface area contributed by atoms with Gasteiger partial charge in [0.2, 0.25) is 0 Å². The van der Waals surface area contributed by atoms with Gasteiger partial charge in [-0.1, -0.05) is 0 Å². The smallest absolute Gasteiger partial charge is 0.198 e. The number of nitrogens with one attached hydrogen (secondary N) is 1. The van der Waals surface area contributed by atoms with Crippen LogP contribution < -0.4 is 5.32 Å². The Morgan fingerprint density at radius 2 is 2.43 bits per heavy atom. The van der Waals surface area contributed by atoms with Crippen LogP contribution in [0.4, 0.5) is 5.69 Å². The Morgan fingerprint density at radius 1 is 1.64 bits per heavy atom. The molecule has 1 heterocycles. The number of pyridine rings is 1. The van der Waals surface area contributed by atoms with Crippen LogP contribution in [0.25, 0.3) is 0 Å². The van der Waals surface area contributed by atoms with Crippen LogP contribution in [0.2, 0.25) is 0 Å². The van der Waals surface area contributed by atoms with E-state index in [1.165, 1.54) is 0 Å². The van der Waals surface area contributed by atoms with Gasteiger partial charge in [0, 0.05) is 20.3 Å². The van der Waals surface area contributed by atoms with Crippen molar-refractivity contribution in [1.29, 1.82) is 0 Å². The minimum Gasteiger partial charge on any atom is -0.369 e. The zero-order valence-electron chi connectivity index (χ0n) is 8.14. The van der Waals surface area contributed by atoms with E-state index in [-0.39, 0.29) is 0 Å². The van der Waals surface area contributed by atoms with Gasteiger partial charge in [-0.25, -0.2) is 4.99 Å². The van der Waals surface area contributed by atoms with Gasteiger partial charge in [0.15, 0.2) is 5.11 Å². The first-order chi connectivity index (χ1) is 6.68. The van der Waals surface area contributed by atoms with E-state index in [9.17, 15) is 0 Å². The van der Waals surface area contributed by atoms with E-state index in [0.29, 0.717) is 5.11 Å². The Balaban J connectivity index is 2.50. The van der Waals surface area contributed by atoms with E-state index in [4.69, 9.17) is 12.2 Å². The lowest BCUT2D eigenvalue weighted by molar-refractivity contribution is 0.644. The Morgan fingerprint density at radius 3 is 3.00 bits per heavy atom. The highest BCUT2D eigenvalue weighted by atomic mass is 32.1. The van der Waals surface area contributed by atoms with Gasteiger partial charge >= 0.3 is 0 Å². The van der Waals surface area contributed by atoms with Gasteiger partial charge in [0.05, 0.1) is 18.2 Å². The average Bonchev–Trinajstić information content (AvgIpc) is 2.16. The van der Waals surface area contributed by atoms with Crippen molar-refractivity contribution in [2.75, 3.05) is 19.4 Å². The van der Waals surface area contributed by atoms with Crippen molar-refractivity contribution >= 4 is 29.4 Å². The molecule has 0 amide bonds. The van der Waals surface area contributed by atoms with Gasteiger partial charge in [0.25, 0.3) is 0 Å². The highest BCUT2D eigenvalue weighted by molar-refractivity contribution is 7.80. The van der Waals surface area contributed by atoms with Crippen molar-refractivity contribution in [3.05, 3.63) is 24.5 Å². The highest BCUT2D eigenvalue weighted by Gasteiger charge is 1.93. The molecule has 0 radical (unpaired) electrons. The molecule has 1 rings (SSSR count). The van der Waals surface area contributed by atoms with Crippen molar-refractivity contribution in [2.45, 2.75) is 0 Å². The molecule has 5 heteroatoms. The highest BCUT2D eigenvalue weighted by Crippen LogP contribution is 2.02. The lowest BCUT2D eigenvalue weighted by Gasteiger charge is -2.04. The molecule has 4 nitrogen and oxygen atoms in total. The molecule has 0 bridgehead atoms. The van der Waals surface area contributed by atoms with Crippen LogP contribution >= 0.6 is 12.2 Å². The molecule has 0 aliphatic heterocycles. The minimum absolute atomic E-state index is 0.423. The standard InChI is InChI=1S/C9H12N4S/c1-13(2)7-11-9(14)12-8-4-3-5-10-6-8/h3-7H,1-2H3,(H,12,14). The van der Waals surface area contributed by atoms with Gasteiger partial charge in [-0.05, 0) is 24.4 Å². The summed E-state index contributed by atoms with van der Waals surface area (Å²) in [5, 5.41) is 3.36. The number of hydrogen-bond acceptors (Lipinski definition) is 2. The number of aliphatic imine (C=N–C) groups is 1. The molecule has 0 saturated heterocycles. The summed E-state index contributed by atoms with van der Waals surface area (Å²) < 4.78 is 0. The number of nitrogens with zero attached hydrogens (tertiary/aromatic N) is 3. The summed E-state index contributed by atoms with van der Waals surface area (Å²) in [6.07, 6.45) is 5.04. The molecule has 1 N–H and O–H groups in total. The number of anilines is 1. The van der Waals surface area contributed by atoms with E-state index in [0.717, 1.165) is 5.69 Å². The monoisotopic (exact) mass is 208 g/mol. The van der Waals surface area contributed by atoms with Crippen molar-refractivity contribution < 1.29 is 0 Å². The predicted molar refractivity (Wildman–Crippen MR) is 62.6 cm³/mol. The average molecular weight is 208 g/mol. The molecule has 0 aliphatic rings. The third-order valence-electron chi connectivity index (χ3n) is 1.32. The topological polar surface area (TPSA) is 40.5 Å². The predicted octanol–water partition coefficient (Wildman–Crippen LogP) is 1.37. The van der Waals surface area contributed by atoms with Crippen molar-refractivity contribution in [2.24, 2.45) is 4.99 Å². The van der Waals surface area contributed by atoms with Crippen LogP contribution in [0, 0.1) is 0 Å². The van der Waals surface area contributed by atoms with E-state index in [2.05, 4.69) is 15.3 Å². The second kappa shape index (κ2) is 5.29. The molecule has 0 atom stereocenters. The maximum absolute atomic E-state index is 4.99. The number of hydrogen-bond donors (Lipinski definition) is 1. The van der Waals surface area contributed by atoms with Crippen LogP contribution in [0.1, 0.15) is 0 Å². The van der Waals surface area contributed by atoms with E-state index >= 15 is 0 Å². The summed E-state index contributed by atoms with van der Waals surface area (Å²) in [7, 11) is 3.77. The number of thiocarbonyl (C=S) groups is 1. The van der Waals surface area contributed by atoms with E-state index in [1.54, 1.807) is 18.7 Å². The summed E-state index contributed by atoms with van der Waals surface area (Å²) in [5.74, 6) is 0. The largest absolute Gasteiger partial charge is 0.369 e. The molecule has 0 aromatic carbocycles. The SMILES string of the molecule is CN(C)C=NC(=S)Nc1cccnc1. The van der Waals surface area contributed by atoms with Crippen molar-refractivity contribution in [3.8, 4) is 0 Å². The maximum atomic E-state index is 4.99. The first-order valence-electron chi connectivity index (χ1n) is 4.10. The van der Waals surface area contributed by atoms with E-state index < -0.39 is 0 Å². The Kier molecular flexibility index (Phi) is 4.00. The molecule has 0 aliphatic carbocycles. The van der Waals surface area contributed by atoms with Gasteiger partial charge in [0.1, 0.15) is 0 Å². The Bertz CT molecular complexity index is 321. The lowest BCUT2D eigenvalue weighted by atomic mass is 10.4. The Hall–Kier alpha value is -1.49. The first-order valence-corrected chi connectivity index (χ1v) is 4.51. The molecule has 0 unspecified atom stereocenters. The third-order valence-corrected chi connectivity index (χ3v) is 1.53. The van der Waals surface area contributed by atoms with Crippen LogP contribution in [0.15, 0.2) is 29.5 Å². The van der Waals surface area contributed by atoms with Gasteiger partial charge < -0.3 is 10.2 Å². The summed E-state index contributed by atoms with van der Waals surface area (Å²) in [6.45, 7) is 0. The second-order valence-corrected chi connectivity index (χ2v) is 3.27. The Labute approximate surface area is 88.7 Å². The molecule has 0 spiro atoms. The molecule has 74 valence electrons. The summed E-state index contributed by atoms with van der Waals surface area (Å²) in [4.78, 5) is 9.78. The summed E-state index contributed by atoms with van der Waals surface area (Å²) in [5.41, 5.74) is 0.841. The van der Waals surface area contributed by atoms with Gasteiger partial charge in [-0.15, -0.1) is 0 Å². The van der Waals surface area contributed by atoms with Gasteiger partial charge in [-0.2, -0.15) is 0 Å². The number of rotatable bonds is 2. The van der Waals surface area contributed by atoms with E-state index in [1.807, 2.05) is 31.1 Å². The molecule has 14 heavy (non-hydrogen) atoms. The second-order valence-electron chi connectivity index (χ2n) is 2.88. The lowest BCUT2D eigenvalue weighted by Crippen LogP contribution is -2.12. The van der Waals surface area contributed by atoms with Gasteiger partial charge in [-0.3, -0.25) is 4.98 Å². The van der Waals surface area contributed by atoms with Crippen molar-refractivity contribution in [3.63, 3.8) is 0 Å². The molecule has 0 fully saturated rings. The molecule has 1 aromatic heterocycles. The van der Waals surface area contributed by atoms with Crippen LogP contribution in [0.5, 0.6) is 0 Å². The maximum Gasteiger partial charge on any atom is 0.198 e. The summed E-state index contributed by atoms with van der Waals surface area (Å²) >= 11 is 4.99. The van der Waals surface area contributed by atoms with Crippen LogP contribution in [-0.4, -0.2) is 35.4 Å². The summed E-state index contributed by atoms with van der Waals surface area (Å²) in [6, 6.07) is 3.71. The fourth-order valence-electron chi connectivity index (χ4n) is 0.760. The van der Waals surface area contributed by atoms with Crippen molar-refractivity contribution in [1.82, 2.24) is 9.88 Å². The quantitative estimate of drug-likeness (QED) is 0.453. The normalized spacial score (nSPS) is 10.1. The van der Waals surface area contributed by atoms with Crippen LogP contribution in [0.3, 0.4) is 0 Å². The zero-order chi connectivity index (χ0) is 10.4. The molecule has 0 saturated carbocycles. The van der Waals surface area contributed by atoms with Crippen LogP contribution in [-0.2, 0) is 0 Å².